The van der Waals surface area contributed by atoms with Crippen molar-refractivity contribution in [2.45, 2.75) is 60.6 Å². The van der Waals surface area contributed by atoms with E-state index in [-0.39, 0.29) is 12.0 Å². The van der Waals surface area contributed by atoms with Gasteiger partial charge >= 0.3 is 0 Å². The van der Waals surface area contributed by atoms with Crippen LogP contribution in [0, 0.1) is 12.8 Å². The molecule has 2 aromatic rings. The summed E-state index contributed by atoms with van der Waals surface area (Å²) in [6, 6.07) is 8.15. The lowest BCUT2D eigenvalue weighted by Crippen LogP contribution is -2.35. The van der Waals surface area contributed by atoms with E-state index in [1.807, 2.05) is 38.4 Å². The number of rotatable bonds is 6. The van der Waals surface area contributed by atoms with Crippen molar-refractivity contribution >= 4 is 23.7 Å². The van der Waals surface area contributed by atoms with Crippen LogP contribution in [0.25, 0.3) is 10.4 Å². The first-order valence-corrected chi connectivity index (χ1v) is 12.4. The third-order valence-corrected chi connectivity index (χ3v) is 5.17. The Morgan fingerprint density at radius 1 is 1.27 bits per heavy atom. The molecule has 0 aliphatic carbocycles. The number of amides is 2. The molecular formula is C25H42N4O3S. The van der Waals surface area contributed by atoms with Gasteiger partial charge in [-0.2, -0.15) is 0 Å². The number of aliphatic hydroxyl groups excluding tert-OH is 1. The van der Waals surface area contributed by atoms with Gasteiger partial charge in [-0.25, -0.2) is 4.98 Å². The summed E-state index contributed by atoms with van der Waals surface area (Å²) in [5, 5.41) is 14.5. The molecule has 0 radical (unpaired) electrons. The van der Waals surface area contributed by atoms with E-state index in [0.29, 0.717) is 32.6 Å². The van der Waals surface area contributed by atoms with Gasteiger partial charge in [0.05, 0.1) is 28.7 Å². The van der Waals surface area contributed by atoms with E-state index in [4.69, 9.17) is 5.11 Å². The van der Waals surface area contributed by atoms with Crippen molar-refractivity contribution in [3.8, 4) is 10.4 Å². The van der Waals surface area contributed by atoms with E-state index in [2.05, 4.69) is 48.5 Å². The summed E-state index contributed by atoms with van der Waals surface area (Å²) in [4.78, 5) is 28.4. The lowest BCUT2D eigenvalue weighted by Gasteiger charge is -2.14. The van der Waals surface area contributed by atoms with Gasteiger partial charge in [-0.3, -0.25) is 9.59 Å². The number of benzene rings is 1. The van der Waals surface area contributed by atoms with Gasteiger partial charge in [0.25, 0.3) is 0 Å². The highest BCUT2D eigenvalue weighted by atomic mass is 32.1. The maximum Gasteiger partial charge on any atom is 0.236 e. The average molecular weight is 479 g/mol. The number of nitrogens with zero attached hydrogens (tertiary/aromatic N) is 2. The molecule has 7 nitrogen and oxygen atoms in total. The number of carbonyl (C=O) groups excluding carboxylic acids is 2. The van der Waals surface area contributed by atoms with Crippen molar-refractivity contribution in [2.75, 3.05) is 26.7 Å². The fraction of sp³-hybridized carbons (Fsp3) is 0.560. The number of thiazole rings is 1. The molecule has 1 fully saturated rings. The molecule has 186 valence electrons. The monoisotopic (exact) mass is 478 g/mol. The molecule has 1 unspecified atom stereocenters. The van der Waals surface area contributed by atoms with Gasteiger partial charge in [0.1, 0.15) is 0 Å². The first-order chi connectivity index (χ1) is 15.8. The third-order valence-electron chi connectivity index (χ3n) is 4.20. The Morgan fingerprint density at radius 3 is 2.30 bits per heavy atom. The van der Waals surface area contributed by atoms with Crippen molar-refractivity contribution in [1.29, 1.82) is 0 Å². The van der Waals surface area contributed by atoms with E-state index < -0.39 is 0 Å². The molecule has 1 aromatic carbocycles. The van der Waals surface area contributed by atoms with Crippen LogP contribution in [0.3, 0.4) is 0 Å². The number of hydrogen-bond donors (Lipinski definition) is 3. The lowest BCUT2D eigenvalue weighted by atomic mass is 10.1. The standard InChI is InChI=1S/C12H12N2OS.C7H14N2O2.C4H10.C2H6/c1-9-12(16-8-14-9)11-4-2-10(3-5-11)6-13-7-15;1-8-4-7(11)9-3-2-6(10)5-9;1-4(2)3;1-2/h2-5,7-8H,6H2,1H3,(H,13,15);6,8,10H,2-5H2,1H3;4H,1-3H3;1-2H3. The van der Waals surface area contributed by atoms with Crippen LogP contribution in [-0.4, -0.2) is 60.1 Å². The van der Waals surface area contributed by atoms with Gasteiger partial charge in [0.15, 0.2) is 0 Å². The number of carbonyl (C=O) groups is 2. The first-order valence-electron chi connectivity index (χ1n) is 11.5. The Labute approximate surface area is 203 Å². The summed E-state index contributed by atoms with van der Waals surface area (Å²) in [6.45, 7) is 14.6. The predicted molar refractivity (Wildman–Crippen MR) is 138 cm³/mol. The normalized spacial score (nSPS) is 14.2. The van der Waals surface area contributed by atoms with E-state index in [0.717, 1.165) is 23.6 Å². The van der Waals surface area contributed by atoms with Crippen LogP contribution >= 0.6 is 11.3 Å². The van der Waals surface area contributed by atoms with Gasteiger partial charge in [-0.05, 0) is 37.4 Å². The second-order valence-corrected chi connectivity index (χ2v) is 8.86. The van der Waals surface area contributed by atoms with Crippen LogP contribution in [-0.2, 0) is 16.1 Å². The Balaban J connectivity index is 0.000000523. The van der Waals surface area contributed by atoms with Crippen LogP contribution < -0.4 is 10.6 Å². The molecule has 33 heavy (non-hydrogen) atoms. The van der Waals surface area contributed by atoms with E-state index >= 15 is 0 Å². The Kier molecular flexibility index (Phi) is 16.9. The minimum atomic E-state index is -0.309. The van der Waals surface area contributed by atoms with Gasteiger partial charge < -0.3 is 20.6 Å². The molecule has 0 bridgehead atoms. The summed E-state index contributed by atoms with van der Waals surface area (Å²) in [7, 11) is 1.74. The topological polar surface area (TPSA) is 94.6 Å². The number of aromatic nitrogens is 1. The van der Waals surface area contributed by atoms with E-state index in [1.165, 1.54) is 10.4 Å². The smallest absolute Gasteiger partial charge is 0.236 e. The van der Waals surface area contributed by atoms with Crippen LogP contribution in [0.4, 0.5) is 0 Å². The van der Waals surface area contributed by atoms with Crippen molar-refractivity contribution in [2.24, 2.45) is 5.92 Å². The van der Waals surface area contributed by atoms with Crippen LogP contribution in [0.5, 0.6) is 0 Å². The number of likely N-dealkylation sites (N-methyl/N-ethyl adjacent to an activating group) is 1. The van der Waals surface area contributed by atoms with Crippen molar-refractivity contribution in [3.63, 3.8) is 0 Å². The zero-order valence-electron chi connectivity index (χ0n) is 21.2. The zero-order valence-corrected chi connectivity index (χ0v) is 22.0. The maximum absolute atomic E-state index is 11.1. The number of likely N-dealkylation sites (tertiary alicyclic amines) is 1. The highest BCUT2D eigenvalue weighted by molar-refractivity contribution is 7.13. The summed E-state index contributed by atoms with van der Waals surface area (Å²) < 4.78 is 0. The number of aryl methyl sites for hydroxylation is 1. The fourth-order valence-electron chi connectivity index (χ4n) is 2.74. The highest BCUT2D eigenvalue weighted by Crippen LogP contribution is 2.27. The second kappa shape index (κ2) is 18.2. The predicted octanol–water partition coefficient (Wildman–Crippen LogP) is 3.85. The number of hydrogen-bond acceptors (Lipinski definition) is 6. The molecular weight excluding hydrogens is 436 g/mol. The Hall–Kier alpha value is -2.29. The van der Waals surface area contributed by atoms with E-state index in [1.54, 1.807) is 23.3 Å². The molecule has 1 atom stereocenters. The van der Waals surface area contributed by atoms with Gasteiger partial charge in [0, 0.05) is 19.6 Å². The Bertz CT molecular complexity index is 775. The Morgan fingerprint density at radius 2 is 1.88 bits per heavy atom. The summed E-state index contributed by atoms with van der Waals surface area (Å²) in [5.41, 5.74) is 5.18. The molecule has 1 aliphatic heterocycles. The molecule has 1 aliphatic rings. The minimum absolute atomic E-state index is 0.0732. The lowest BCUT2D eigenvalue weighted by molar-refractivity contribution is -0.129. The van der Waals surface area contributed by atoms with E-state index in [9.17, 15) is 9.59 Å². The quantitative estimate of drug-likeness (QED) is 0.548. The molecule has 8 heteroatoms. The summed E-state index contributed by atoms with van der Waals surface area (Å²) in [6.07, 6.45) is 1.12. The highest BCUT2D eigenvalue weighted by Gasteiger charge is 2.23. The molecule has 1 saturated heterocycles. The van der Waals surface area contributed by atoms with Gasteiger partial charge in [-0.1, -0.05) is 58.9 Å². The van der Waals surface area contributed by atoms with Crippen LogP contribution in [0.1, 0.15) is 52.3 Å². The molecule has 2 amide bonds. The summed E-state index contributed by atoms with van der Waals surface area (Å²) in [5.74, 6) is 0.907. The second-order valence-electron chi connectivity index (χ2n) is 8.01. The SMILES string of the molecule is CC.CC(C)C.CNCC(=O)N1CCC(O)C1.Cc1ncsc1-c1ccc(CNC=O)cc1. The first kappa shape index (κ1) is 30.7. The molecule has 3 rings (SSSR count). The minimum Gasteiger partial charge on any atom is -0.391 e. The molecule has 1 aromatic heterocycles. The maximum atomic E-state index is 11.1. The largest absolute Gasteiger partial charge is 0.391 e. The van der Waals surface area contributed by atoms with Gasteiger partial charge in [-0.15, -0.1) is 11.3 Å². The van der Waals surface area contributed by atoms with Crippen LogP contribution in [0.15, 0.2) is 29.8 Å². The summed E-state index contributed by atoms with van der Waals surface area (Å²) >= 11 is 1.64. The number of β-amino-alcohol motifs (C(OH)–C–C–N with tert-alkyl or cyclic N) is 1. The van der Waals surface area contributed by atoms with Crippen molar-refractivity contribution < 1.29 is 14.7 Å². The number of nitrogens with one attached hydrogen (secondary N) is 2. The van der Waals surface area contributed by atoms with Crippen LogP contribution in [0.2, 0.25) is 0 Å². The molecule has 3 N–H and O–H groups in total. The number of aliphatic hydroxyl groups is 1. The van der Waals surface area contributed by atoms with Crippen molar-refractivity contribution in [1.82, 2.24) is 20.5 Å². The zero-order chi connectivity index (χ0) is 25.2. The fourth-order valence-corrected chi connectivity index (χ4v) is 3.56. The molecule has 0 spiro atoms. The third kappa shape index (κ3) is 13.1. The molecule has 0 saturated carbocycles. The average Bonchev–Trinajstić information content (AvgIpc) is 3.42. The van der Waals surface area contributed by atoms with Crippen molar-refractivity contribution in [3.05, 3.63) is 41.0 Å². The molecule has 2 heterocycles. The van der Waals surface area contributed by atoms with Gasteiger partial charge in [0.2, 0.25) is 12.3 Å².